The van der Waals surface area contributed by atoms with Crippen LogP contribution in [0.25, 0.3) is 0 Å². The van der Waals surface area contributed by atoms with Crippen molar-refractivity contribution in [2.24, 2.45) is 34.5 Å². The van der Waals surface area contributed by atoms with Crippen LogP contribution in [0, 0.1) is 34.5 Å². The first-order valence-electron chi connectivity index (χ1n) is 11.0. The summed E-state index contributed by atoms with van der Waals surface area (Å²) in [5.41, 5.74) is 1.24. The Balaban J connectivity index is 1.36. The highest BCUT2D eigenvalue weighted by molar-refractivity contribution is 5.92. The standard InChI is InChI=1S/C23H28O4/c1-20-6-3-12(24)9-16(20)13-10-14(13)19-15-4-7-22(8-5-18(25)27-22)21(15,2)11-17-23(19,20)26-17/h9,13-15,17,19H,3-8,10-11H2,1-2H3/t13?,14?,15-,17?,19-,20-,21-,22+,23+/m0/s1. The first kappa shape index (κ1) is 15.7. The number of hydrogen-bond acceptors (Lipinski definition) is 4. The number of hydrogen-bond donors (Lipinski definition) is 0. The van der Waals surface area contributed by atoms with Crippen molar-refractivity contribution in [2.75, 3.05) is 0 Å². The predicted molar refractivity (Wildman–Crippen MR) is 96.6 cm³/mol. The van der Waals surface area contributed by atoms with Crippen molar-refractivity contribution in [2.45, 2.75) is 82.5 Å². The lowest BCUT2D eigenvalue weighted by molar-refractivity contribution is -0.164. The number of epoxide rings is 1. The zero-order chi connectivity index (χ0) is 18.4. The average molecular weight is 368 g/mol. The van der Waals surface area contributed by atoms with E-state index >= 15 is 0 Å². The lowest BCUT2D eigenvalue weighted by Gasteiger charge is -2.56. The summed E-state index contributed by atoms with van der Waals surface area (Å²) in [6.45, 7) is 4.81. The largest absolute Gasteiger partial charge is 0.458 e. The molecule has 2 aliphatic heterocycles. The fraction of sp³-hybridized carbons (Fsp3) is 0.826. The zero-order valence-electron chi connectivity index (χ0n) is 16.3. The maximum atomic E-state index is 12.2. The Morgan fingerprint density at radius 1 is 1.11 bits per heavy atom. The van der Waals surface area contributed by atoms with Crippen molar-refractivity contribution < 1.29 is 19.1 Å². The summed E-state index contributed by atoms with van der Waals surface area (Å²) in [6.07, 6.45) is 9.85. The first-order chi connectivity index (χ1) is 12.8. The molecule has 3 unspecified atom stereocenters. The van der Waals surface area contributed by atoms with Crippen molar-refractivity contribution in [1.82, 2.24) is 0 Å². The third kappa shape index (κ3) is 1.47. The smallest absolute Gasteiger partial charge is 0.306 e. The van der Waals surface area contributed by atoms with Gasteiger partial charge < -0.3 is 9.47 Å². The predicted octanol–water partition coefficient (Wildman–Crippen LogP) is 3.58. The minimum Gasteiger partial charge on any atom is -0.458 e. The van der Waals surface area contributed by atoms with Gasteiger partial charge in [0, 0.05) is 23.7 Å². The van der Waals surface area contributed by atoms with Crippen molar-refractivity contribution >= 4 is 11.8 Å². The fourth-order valence-electron chi connectivity index (χ4n) is 9.12. The van der Waals surface area contributed by atoms with E-state index in [4.69, 9.17) is 9.47 Å². The summed E-state index contributed by atoms with van der Waals surface area (Å²) in [4.78, 5) is 24.2. The molecule has 2 spiro atoms. The van der Waals surface area contributed by atoms with Crippen LogP contribution in [0.5, 0.6) is 0 Å². The number of ether oxygens (including phenoxy) is 2. The Bertz CT molecular complexity index is 845. The van der Waals surface area contributed by atoms with Gasteiger partial charge in [-0.1, -0.05) is 19.4 Å². The molecule has 9 atom stereocenters. The molecule has 0 amide bonds. The summed E-state index contributed by atoms with van der Waals surface area (Å²) < 4.78 is 12.8. The SMILES string of the molecule is C[C@]12CCC(=O)C=C1C1CC1[C@H]1[C@@H]3CC[C@@]4(CCC(=O)O4)[C@@]3(C)CC3O[C@]312. The molecule has 0 radical (unpaired) electrons. The Labute approximate surface area is 160 Å². The maximum Gasteiger partial charge on any atom is 0.306 e. The number of ketones is 1. The third-order valence-electron chi connectivity index (χ3n) is 10.4. The van der Waals surface area contributed by atoms with Gasteiger partial charge in [-0.3, -0.25) is 9.59 Å². The van der Waals surface area contributed by atoms with Gasteiger partial charge in [0.25, 0.3) is 0 Å². The van der Waals surface area contributed by atoms with Crippen LogP contribution in [0.2, 0.25) is 0 Å². The Morgan fingerprint density at radius 3 is 2.74 bits per heavy atom. The molecule has 144 valence electrons. The second kappa shape index (κ2) is 4.22. The van der Waals surface area contributed by atoms with Gasteiger partial charge >= 0.3 is 5.97 Å². The van der Waals surface area contributed by atoms with Gasteiger partial charge in [-0.05, 0) is 68.3 Å². The highest BCUT2D eigenvalue weighted by Crippen LogP contribution is 2.82. The van der Waals surface area contributed by atoms with Crippen LogP contribution >= 0.6 is 0 Å². The highest BCUT2D eigenvalue weighted by atomic mass is 16.6. The lowest BCUT2D eigenvalue weighted by Crippen LogP contribution is -2.60. The molecule has 4 nitrogen and oxygen atoms in total. The first-order valence-corrected chi connectivity index (χ1v) is 11.0. The highest BCUT2D eigenvalue weighted by Gasteiger charge is 2.85. The number of carbonyl (C=O) groups excluding carboxylic acids is 2. The molecule has 2 heterocycles. The summed E-state index contributed by atoms with van der Waals surface area (Å²) in [7, 11) is 0. The van der Waals surface area contributed by atoms with E-state index in [2.05, 4.69) is 13.8 Å². The third-order valence-corrected chi connectivity index (χ3v) is 10.4. The molecule has 0 bridgehead atoms. The van der Waals surface area contributed by atoms with E-state index < -0.39 is 0 Å². The van der Waals surface area contributed by atoms with Crippen molar-refractivity contribution in [3.05, 3.63) is 11.6 Å². The van der Waals surface area contributed by atoms with Crippen LogP contribution in [0.15, 0.2) is 11.6 Å². The molecule has 4 saturated carbocycles. The Kier molecular flexibility index (Phi) is 2.46. The molecular formula is C23H28O4. The van der Waals surface area contributed by atoms with Crippen molar-refractivity contribution in [3.63, 3.8) is 0 Å². The molecule has 0 aromatic heterocycles. The molecule has 2 saturated heterocycles. The second-order valence-electron chi connectivity index (χ2n) is 11.1. The van der Waals surface area contributed by atoms with E-state index in [9.17, 15) is 9.59 Å². The van der Waals surface area contributed by atoms with Gasteiger partial charge in [0.2, 0.25) is 0 Å². The zero-order valence-corrected chi connectivity index (χ0v) is 16.3. The summed E-state index contributed by atoms with van der Waals surface area (Å²) in [5, 5.41) is 0. The maximum absolute atomic E-state index is 12.2. The monoisotopic (exact) mass is 368 g/mol. The molecule has 6 fully saturated rings. The minimum absolute atomic E-state index is 0.00124. The Hall–Kier alpha value is -1.16. The van der Waals surface area contributed by atoms with Crippen LogP contribution in [0.4, 0.5) is 0 Å². The molecule has 27 heavy (non-hydrogen) atoms. The minimum atomic E-state index is -0.239. The molecule has 5 aliphatic carbocycles. The van der Waals surface area contributed by atoms with Crippen LogP contribution in [0.1, 0.15) is 65.2 Å². The van der Waals surface area contributed by atoms with E-state index in [1.807, 2.05) is 6.08 Å². The lowest BCUT2D eigenvalue weighted by atomic mass is 9.46. The normalized spacial score (nSPS) is 62.0. The molecule has 4 heteroatoms. The molecule has 7 rings (SSSR count). The molecule has 7 aliphatic rings. The van der Waals surface area contributed by atoms with Gasteiger partial charge in [0.15, 0.2) is 5.78 Å². The van der Waals surface area contributed by atoms with Crippen LogP contribution < -0.4 is 0 Å². The van der Waals surface area contributed by atoms with E-state index in [1.165, 1.54) is 18.4 Å². The van der Waals surface area contributed by atoms with Gasteiger partial charge in [0.1, 0.15) is 11.2 Å². The van der Waals surface area contributed by atoms with Gasteiger partial charge in [-0.15, -0.1) is 0 Å². The molecule has 0 aromatic rings. The molecule has 0 N–H and O–H groups in total. The van der Waals surface area contributed by atoms with Crippen LogP contribution in [0.3, 0.4) is 0 Å². The van der Waals surface area contributed by atoms with Crippen molar-refractivity contribution in [1.29, 1.82) is 0 Å². The van der Waals surface area contributed by atoms with E-state index in [-0.39, 0.29) is 34.1 Å². The number of carbonyl (C=O) groups is 2. The quantitative estimate of drug-likeness (QED) is 0.484. The molecular weight excluding hydrogens is 340 g/mol. The van der Waals surface area contributed by atoms with E-state index in [0.29, 0.717) is 42.3 Å². The van der Waals surface area contributed by atoms with Gasteiger partial charge in [0.05, 0.1) is 6.10 Å². The number of fused-ring (bicyclic) bond motifs is 7. The second-order valence-corrected chi connectivity index (χ2v) is 11.1. The van der Waals surface area contributed by atoms with E-state index in [1.54, 1.807) is 0 Å². The van der Waals surface area contributed by atoms with Crippen LogP contribution in [-0.2, 0) is 19.1 Å². The Morgan fingerprint density at radius 2 is 1.96 bits per heavy atom. The summed E-state index contributed by atoms with van der Waals surface area (Å²) >= 11 is 0. The fourth-order valence-corrected chi connectivity index (χ4v) is 9.12. The number of esters is 1. The van der Waals surface area contributed by atoms with Gasteiger partial charge in [-0.2, -0.15) is 0 Å². The number of rotatable bonds is 0. The summed E-state index contributed by atoms with van der Waals surface area (Å²) in [5.74, 6) is 2.77. The average Bonchev–Trinajstić information content (AvgIpc) is 3.49. The van der Waals surface area contributed by atoms with E-state index in [0.717, 1.165) is 25.7 Å². The topological polar surface area (TPSA) is 55.9 Å². The summed E-state index contributed by atoms with van der Waals surface area (Å²) in [6, 6.07) is 0. The van der Waals surface area contributed by atoms with Gasteiger partial charge in [-0.25, -0.2) is 0 Å². The molecule has 0 aromatic carbocycles. The van der Waals surface area contributed by atoms with Crippen molar-refractivity contribution in [3.8, 4) is 0 Å². The van der Waals surface area contributed by atoms with Crippen LogP contribution in [-0.4, -0.2) is 29.1 Å².